The Labute approximate surface area is 54.1 Å². The summed E-state index contributed by atoms with van der Waals surface area (Å²) in [5.41, 5.74) is 0. The van der Waals surface area contributed by atoms with E-state index in [1.54, 1.807) is 0 Å². The number of carbonyl (C=O) groups excluding carboxylic acids is 1. The monoisotopic (exact) mass is 126 g/mol. The second-order valence-electron chi connectivity index (χ2n) is 1.29. The Morgan fingerprint density at radius 3 is 2.88 bits per heavy atom. The van der Waals surface area contributed by atoms with Crippen LogP contribution in [0.15, 0.2) is 0 Å². The molecule has 0 atom stereocenters. The largest absolute Gasteiger partial charge is 0.294 e. The van der Waals surface area contributed by atoms with E-state index < -0.39 is 0 Å². The van der Waals surface area contributed by atoms with Crippen LogP contribution in [0.3, 0.4) is 0 Å². The van der Waals surface area contributed by atoms with Crippen LogP contribution in [0, 0.1) is 12.3 Å². The molecular weight excluding hydrogens is 120 g/mol. The highest BCUT2D eigenvalue weighted by atomic mass is 32.1. The summed E-state index contributed by atoms with van der Waals surface area (Å²) < 4.78 is 0. The van der Waals surface area contributed by atoms with Crippen LogP contribution in [0.2, 0.25) is 0 Å². The molecule has 0 saturated carbocycles. The molecule has 0 radical (unpaired) electrons. The van der Waals surface area contributed by atoms with Gasteiger partial charge in [0.05, 0.1) is 0 Å². The van der Waals surface area contributed by atoms with Crippen LogP contribution in [-0.2, 0) is 4.79 Å². The smallest absolute Gasteiger partial charge is 0.167 e. The predicted molar refractivity (Wildman–Crippen MR) is 36.7 cm³/mol. The number of hydrogen-bond donors (Lipinski definition) is 0. The number of ketones is 1. The van der Waals surface area contributed by atoms with Gasteiger partial charge < -0.3 is 0 Å². The maximum absolute atomic E-state index is 10.3. The molecule has 1 nitrogen and oxygen atoms in total. The molecule has 0 heterocycles. The Balaban J connectivity index is 3.28. The minimum Gasteiger partial charge on any atom is -0.294 e. The highest BCUT2D eigenvalue weighted by molar-refractivity contribution is 7.80. The third-order valence-corrected chi connectivity index (χ3v) is 0.910. The summed E-state index contributed by atoms with van der Waals surface area (Å²) in [7, 11) is 0. The van der Waals surface area contributed by atoms with Crippen LogP contribution in [0.5, 0.6) is 0 Å². The van der Waals surface area contributed by atoms with E-state index in [1.807, 2.05) is 0 Å². The van der Waals surface area contributed by atoms with E-state index in [0.717, 1.165) is 5.37 Å². The van der Waals surface area contributed by atoms with Gasteiger partial charge in [-0.25, -0.2) is 0 Å². The Morgan fingerprint density at radius 2 is 2.50 bits per heavy atom. The van der Waals surface area contributed by atoms with Crippen LogP contribution in [0.4, 0.5) is 0 Å². The van der Waals surface area contributed by atoms with Gasteiger partial charge in [-0.2, -0.15) is 0 Å². The van der Waals surface area contributed by atoms with E-state index >= 15 is 0 Å². The Bertz CT molecular complexity index is 132. The summed E-state index contributed by atoms with van der Waals surface area (Å²) in [4.78, 5) is 10.3. The van der Waals surface area contributed by atoms with Crippen molar-refractivity contribution in [3.8, 4) is 12.3 Å². The van der Waals surface area contributed by atoms with Gasteiger partial charge >= 0.3 is 0 Å². The first kappa shape index (κ1) is 7.32. The number of carbonyl (C=O) groups is 1. The van der Waals surface area contributed by atoms with Gasteiger partial charge in [0.25, 0.3) is 0 Å². The molecule has 0 aromatic rings. The first-order chi connectivity index (χ1) is 3.81. The second kappa shape index (κ2) is 4.48. The average molecular weight is 126 g/mol. The maximum atomic E-state index is 10.3. The lowest BCUT2D eigenvalue weighted by Crippen LogP contribution is -1.94. The lowest BCUT2D eigenvalue weighted by molar-refractivity contribution is -0.112. The minimum absolute atomic E-state index is 0.0575. The molecule has 0 N–H and O–H groups in total. The summed E-state index contributed by atoms with van der Waals surface area (Å²) in [6, 6.07) is 0. The van der Waals surface area contributed by atoms with E-state index in [4.69, 9.17) is 6.42 Å². The number of hydrogen-bond acceptors (Lipinski definition) is 2. The standard InChI is InChI=1S/C6H6OS/c1-2-3-4-6(7)5-8/h1,5H,3-4H2. The molecular formula is C6H6OS. The fourth-order valence-electron chi connectivity index (χ4n) is 0.254. The molecule has 0 bridgehead atoms. The summed E-state index contributed by atoms with van der Waals surface area (Å²) in [5.74, 6) is 2.29. The minimum atomic E-state index is -0.0575. The molecule has 0 amide bonds. The summed E-state index contributed by atoms with van der Waals surface area (Å²) in [6.45, 7) is 0. The summed E-state index contributed by atoms with van der Waals surface area (Å²) in [6.07, 6.45) is 5.76. The van der Waals surface area contributed by atoms with Crippen molar-refractivity contribution < 1.29 is 4.79 Å². The first-order valence-corrected chi connectivity index (χ1v) is 2.70. The number of thiocarbonyl (C=S) groups is 1. The summed E-state index contributed by atoms with van der Waals surface area (Å²) >= 11 is 4.34. The molecule has 0 aliphatic rings. The zero-order chi connectivity index (χ0) is 6.41. The number of Topliss-reactive ketones (excluding diaryl/α,β-unsaturated/α-hetero) is 1. The van der Waals surface area contributed by atoms with Crippen molar-refractivity contribution in [3.05, 3.63) is 0 Å². The third-order valence-electron chi connectivity index (χ3n) is 0.647. The van der Waals surface area contributed by atoms with Gasteiger partial charge in [0.15, 0.2) is 5.78 Å². The van der Waals surface area contributed by atoms with Crippen molar-refractivity contribution in [2.75, 3.05) is 0 Å². The van der Waals surface area contributed by atoms with E-state index in [1.165, 1.54) is 0 Å². The first-order valence-electron chi connectivity index (χ1n) is 2.22. The molecule has 0 aromatic carbocycles. The predicted octanol–water partition coefficient (Wildman–Crippen LogP) is 0.969. The Hall–Kier alpha value is -0.680. The lowest BCUT2D eigenvalue weighted by atomic mass is 10.2. The van der Waals surface area contributed by atoms with Crippen LogP contribution >= 0.6 is 12.2 Å². The topological polar surface area (TPSA) is 17.1 Å². The molecule has 8 heavy (non-hydrogen) atoms. The molecule has 0 spiro atoms. The average Bonchev–Trinajstić information content (AvgIpc) is 1.83. The van der Waals surface area contributed by atoms with Crippen LogP contribution < -0.4 is 0 Å². The van der Waals surface area contributed by atoms with Crippen LogP contribution in [0.25, 0.3) is 0 Å². The highest BCUT2D eigenvalue weighted by Crippen LogP contribution is 1.84. The van der Waals surface area contributed by atoms with Gasteiger partial charge in [0.1, 0.15) is 0 Å². The van der Waals surface area contributed by atoms with Gasteiger partial charge in [-0.15, -0.1) is 12.3 Å². The van der Waals surface area contributed by atoms with Crippen molar-refractivity contribution in [2.24, 2.45) is 0 Å². The van der Waals surface area contributed by atoms with Crippen molar-refractivity contribution in [1.29, 1.82) is 0 Å². The van der Waals surface area contributed by atoms with E-state index in [0.29, 0.717) is 12.8 Å². The third kappa shape index (κ3) is 3.51. The Morgan fingerprint density at radius 1 is 1.88 bits per heavy atom. The fraction of sp³-hybridized carbons (Fsp3) is 0.333. The molecule has 0 fully saturated rings. The van der Waals surface area contributed by atoms with Gasteiger partial charge in [-0.1, -0.05) is 12.2 Å². The molecule has 0 unspecified atom stereocenters. The van der Waals surface area contributed by atoms with E-state index in [9.17, 15) is 4.79 Å². The number of rotatable bonds is 3. The maximum Gasteiger partial charge on any atom is 0.167 e. The van der Waals surface area contributed by atoms with E-state index in [-0.39, 0.29) is 5.78 Å². The molecule has 0 saturated heterocycles. The molecule has 0 aliphatic carbocycles. The quantitative estimate of drug-likeness (QED) is 0.414. The van der Waals surface area contributed by atoms with E-state index in [2.05, 4.69) is 18.1 Å². The molecule has 0 rings (SSSR count). The SMILES string of the molecule is C#CCCC(=O)C=S. The Kier molecular flexibility index (Phi) is 4.10. The van der Waals surface area contributed by atoms with Crippen LogP contribution in [0.1, 0.15) is 12.8 Å². The van der Waals surface area contributed by atoms with Gasteiger partial charge in [-0.3, -0.25) is 4.79 Å². The van der Waals surface area contributed by atoms with Crippen molar-refractivity contribution >= 4 is 23.4 Å². The second-order valence-corrected chi connectivity index (χ2v) is 1.52. The van der Waals surface area contributed by atoms with Gasteiger partial charge in [-0.05, 0) is 0 Å². The molecule has 0 aliphatic heterocycles. The van der Waals surface area contributed by atoms with Gasteiger partial charge in [0, 0.05) is 18.2 Å². The zero-order valence-corrected chi connectivity index (χ0v) is 5.20. The number of terminal acetylenes is 1. The zero-order valence-electron chi connectivity index (χ0n) is 4.39. The van der Waals surface area contributed by atoms with Crippen molar-refractivity contribution in [1.82, 2.24) is 0 Å². The fourth-order valence-corrected chi connectivity index (χ4v) is 0.372. The molecule has 0 aromatic heterocycles. The normalized spacial score (nSPS) is 7.38. The van der Waals surface area contributed by atoms with Crippen molar-refractivity contribution in [3.63, 3.8) is 0 Å². The lowest BCUT2D eigenvalue weighted by Gasteiger charge is -1.81. The summed E-state index contributed by atoms with van der Waals surface area (Å²) in [5, 5.41) is 1.12. The highest BCUT2D eigenvalue weighted by Gasteiger charge is 1.90. The molecule has 42 valence electrons. The van der Waals surface area contributed by atoms with Crippen molar-refractivity contribution in [2.45, 2.75) is 12.8 Å². The molecule has 2 heteroatoms. The van der Waals surface area contributed by atoms with Crippen LogP contribution in [-0.4, -0.2) is 11.2 Å². The van der Waals surface area contributed by atoms with Gasteiger partial charge in [0.2, 0.25) is 0 Å².